The van der Waals surface area contributed by atoms with E-state index in [0.717, 1.165) is 30.2 Å². The van der Waals surface area contributed by atoms with E-state index in [2.05, 4.69) is 58.4 Å². The van der Waals surface area contributed by atoms with Gasteiger partial charge >= 0.3 is 11.9 Å². The summed E-state index contributed by atoms with van der Waals surface area (Å²) in [6.45, 7) is 17.0. The van der Waals surface area contributed by atoms with Gasteiger partial charge in [-0.15, -0.1) is 0 Å². The van der Waals surface area contributed by atoms with E-state index in [4.69, 9.17) is 5.73 Å². The number of benzene rings is 3. The maximum atomic E-state index is 15.6. The number of para-hydroxylation sites is 1. The molecule has 15 atom stereocenters. The molecule has 2 heterocycles. The number of hydrogen-bond acceptors (Lipinski definition) is 19. The molecule has 31 heteroatoms. The van der Waals surface area contributed by atoms with E-state index in [1.54, 1.807) is 42.6 Å². The Morgan fingerprint density at radius 1 is 0.620 bits per heavy atom. The number of primary amides is 1. The number of aliphatic carboxylic acids is 1. The van der Waals surface area contributed by atoms with E-state index < -0.39 is 191 Å². The molecule has 9 amide bonds. The van der Waals surface area contributed by atoms with Crippen LogP contribution in [0.15, 0.2) is 97.2 Å². The first-order valence-electron chi connectivity index (χ1n) is 42.6. The number of hydrogen-bond donors (Lipinski definition) is 15. The largest absolute Gasteiger partial charge is 0.481 e. The van der Waals surface area contributed by atoms with Gasteiger partial charge in [-0.2, -0.15) is 0 Å². The molecule has 0 saturated heterocycles. The van der Waals surface area contributed by atoms with Crippen LogP contribution in [0.3, 0.4) is 0 Å². The molecular formula is C90H128N12O19. The first kappa shape index (κ1) is 99.2. The van der Waals surface area contributed by atoms with E-state index in [1.165, 1.54) is 72.7 Å². The fraction of sp³-hybridized carbons (Fsp3) is 0.578. The highest BCUT2D eigenvalue weighted by Gasteiger charge is 2.44. The van der Waals surface area contributed by atoms with Crippen LogP contribution in [0.2, 0.25) is 0 Å². The lowest BCUT2D eigenvalue weighted by molar-refractivity contribution is -0.141. The number of carboxylic acids is 2. The second-order valence-corrected chi connectivity index (χ2v) is 34.0. The van der Waals surface area contributed by atoms with Crippen molar-refractivity contribution in [2.75, 3.05) is 0 Å². The second kappa shape index (κ2) is 48.1. The fourth-order valence-corrected chi connectivity index (χ4v) is 15.1. The summed E-state index contributed by atoms with van der Waals surface area (Å²) in [5, 5.41) is 53.7. The van der Waals surface area contributed by atoms with Gasteiger partial charge in [-0.3, -0.25) is 71.9 Å². The van der Waals surface area contributed by atoms with Gasteiger partial charge in [0.25, 0.3) is 0 Å². The van der Waals surface area contributed by atoms with Crippen LogP contribution in [0.4, 0.5) is 0 Å². The second-order valence-electron chi connectivity index (χ2n) is 34.0. The average Bonchev–Trinajstić information content (AvgIpc) is 1.81. The van der Waals surface area contributed by atoms with E-state index in [9.17, 15) is 63.3 Å². The fourth-order valence-electron chi connectivity index (χ4n) is 15.1. The van der Waals surface area contributed by atoms with Crippen molar-refractivity contribution in [3.8, 4) is 0 Å². The summed E-state index contributed by atoms with van der Waals surface area (Å²) in [4.78, 5) is 229. The highest BCUT2D eigenvalue weighted by molar-refractivity contribution is 6.41. The van der Waals surface area contributed by atoms with Crippen molar-refractivity contribution in [2.24, 2.45) is 41.2 Å². The molecule has 1 fully saturated rings. The van der Waals surface area contributed by atoms with Crippen LogP contribution in [0, 0.1) is 35.5 Å². The Hall–Kier alpha value is -10.7. The molecule has 1 aliphatic carbocycles. The molecular weight excluding hydrogens is 1550 g/mol. The van der Waals surface area contributed by atoms with E-state index in [0.29, 0.717) is 68.1 Å². The van der Waals surface area contributed by atoms with Crippen LogP contribution in [0.1, 0.15) is 238 Å². The summed E-state index contributed by atoms with van der Waals surface area (Å²) in [6, 6.07) is 10.1. The number of hydrazine groups is 1. The number of aromatic carboxylic acids is 1. The minimum Gasteiger partial charge on any atom is -0.481 e. The molecule has 6 rings (SSSR count). The third kappa shape index (κ3) is 31.4. The van der Waals surface area contributed by atoms with Crippen molar-refractivity contribution in [3.05, 3.63) is 119 Å². The summed E-state index contributed by atoms with van der Waals surface area (Å²) in [7, 11) is 0. The lowest BCUT2D eigenvalue weighted by atomic mass is 9.76. The Labute approximate surface area is 708 Å². The molecule has 1 aromatic heterocycles. The number of aliphatic hydroxyl groups excluding tert-OH is 1. The number of amides is 9. The SMILES string of the molecule is CCC(C)[C@H](NNC(C)C(=O)C(=O)C(C)NC(=O)[C@]1(C)CCC/C=C/CCCCCC[C@@](C)(NC(=O)[C@H](Cc2ccccc2)NC(=O)[C@@H](NC(=O)[C@H](CC(C)C)NC(C)=O)[C@@H](C)O)C(=O)N[C@@H](CCC(=O)O)C(=O)N[C@@H](Cc2ccc(C(=O)O)cc2)C(=O)C[C@@H](Cc2c[nH]c3ccccc23)C(=O)CC[C@@H](CC2CCC2)C(=O)N1)C(=O)C[C@H](C)C(N)=O. The molecule has 2 aliphatic rings. The number of aromatic nitrogens is 1. The molecule has 4 aromatic rings. The quantitative estimate of drug-likeness (QED) is 0.0126. The molecule has 16 N–H and O–H groups in total. The van der Waals surface area contributed by atoms with E-state index in [-0.39, 0.29) is 93.3 Å². The van der Waals surface area contributed by atoms with Crippen molar-refractivity contribution < 1.29 is 92.0 Å². The number of nitrogens with one attached hydrogen (secondary N) is 11. The normalized spacial score (nSPS) is 22.4. The predicted octanol–water partition coefficient (Wildman–Crippen LogP) is 6.81. The van der Waals surface area contributed by atoms with Crippen LogP contribution in [-0.4, -0.2) is 180 Å². The first-order valence-corrected chi connectivity index (χ1v) is 42.6. The highest BCUT2D eigenvalue weighted by atomic mass is 16.4. The Morgan fingerprint density at radius 3 is 1.89 bits per heavy atom. The Balaban J connectivity index is 1.40. The van der Waals surface area contributed by atoms with Gasteiger partial charge in [-0.05, 0) is 164 Å². The topological polar surface area (TPSA) is 496 Å². The number of aromatic amines is 1. The number of rotatable bonds is 36. The van der Waals surface area contributed by atoms with Crippen LogP contribution in [-0.2, 0) is 91.2 Å². The standard InChI is InChI=1S/C90H128N12O19/c1-12-53(4)76(74(107)45-54(5)80(91)112)102-101-56(7)79(111)78(110)55(6)93-87(120)89(10)42-25-18-16-14-13-15-17-19-26-43-90(11,100-84(116)71(48-60-28-21-20-22-29-60)96-85(117)77(57(8)103)98-83(115)70(44-52(2)3)94-58(9)104)88(121)97-68(39-41-75(108)109)82(114)95-69(47-61-34-36-62(37-35-61)86(118)119)73(106)50-64(49-65-51-92-67-33-24-23-32-66(65)67)72(105)40-38-63(81(113)99-89)46-59-30-27-31-59/h14,16,20-24,28-29,32-37,51-57,59,63-64,68-71,76-77,92,101-103H,12-13,15,17-19,25-27,30-31,38-50H2,1-11H3,(H2,91,112)(H,93,120)(H,94,104)(H,95,114)(H,96,117)(H,97,121)(H,98,115)(H,99,113)(H,100,116)(H,108,109)(H,118,119)/b16-14+/t53?,54-,55?,56?,57+,63-,64+,68-,69-,70-,71-,76-,77-,89-,90+/m0/s1. The van der Waals surface area contributed by atoms with E-state index >= 15 is 28.8 Å². The maximum Gasteiger partial charge on any atom is 0.335 e. The van der Waals surface area contributed by atoms with Crippen molar-refractivity contribution in [2.45, 2.75) is 296 Å². The molecule has 0 bridgehead atoms. The van der Waals surface area contributed by atoms with Crippen molar-refractivity contribution in [1.82, 2.24) is 58.4 Å². The van der Waals surface area contributed by atoms with Crippen molar-refractivity contribution >= 4 is 105 Å². The minimum absolute atomic E-state index is 0.0273. The number of fused-ring (bicyclic) bond motifs is 1. The van der Waals surface area contributed by atoms with E-state index in [1.807, 2.05) is 58.0 Å². The number of nitrogens with two attached hydrogens (primary N) is 1. The highest BCUT2D eigenvalue weighted by Crippen LogP contribution is 2.35. The zero-order valence-electron chi connectivity index (χ0n) is 71.8. The third-order valence-corrected chi connectivity index (χ3v) is 23.2. The monoisotopic (exact) mass is 1680 g/mol. The van der Waals surface area contributed by atoms with Gasteiger partial charge < -0.3 is 68.6 Å². The van der Waals surface area contributed by atoms with Crippen LogP contribution >= 0.6 is 0 Å². The number of carbonyl (C=O) groups is 16. The Bertz CT molecular complexity index is 4290. The van der Waals surface area contributed by atoms with Gasteiger partial charge in [0, 0.05) is 73.9 Å². The number of carboxylic acid groups (broad SMARTS) is 2. The summed E-state index contributed by atoms with van der Waals surface area (Å²) in [6.07, 6.45) is 7.78. The molecule has 1 aliphatic heterocycles. The predicted molar refractivity (Wildman–Crippen MR) is 454 cm³/mol. The lowest BCUT2D eigenvalue weighted by Crippen LogP contribution is -2.65. The molecule has 121 heavy (non-hydrogen) atoms. The van der Waals surface area contributed by atoms with Crippen LogP contribution < -0.4 is 59.1 Å². The molecule has 1 saturated carbocycles. The van der Waals surface area contributed by atoms with Crippen molar-refractivity contribution in [1.29, 1.82) is 0 Å². The molecule has 0 radical (unpaired) electrons. The number of allylic oxidation sites excluding steroid dienone is 2. The Morgan fingerprint density at radius 2 is 1.27 bits per heavy atom. The number of aliphatic hydroxyl groups is 1. The number of ketones is 5. The van der Waals surface area contributed by atoms with Crippen LogP contribution in [0.5, 0.6) is 0 Å². The lowest BCUT2D eigenvalue weighted by Gasteiger charge is -2.34. The average molecular weight is 1680 g/mol. The first-order chi connectivity index (χ1) is 57.2. The molecule has 3 aromatic carbocycles. The summed E-state index contributed by atoms with van der Waals surface area (Å²) < 4.78 is 0. The van der Waals surface area contributed by atoms with Gasteiger partial charge in [0.15, 0.2) is 11.6 Å². The van der Waals surface area contributed by atoms with Crippen LogP contribution in [0.25, 0.3) is 10.9 Å². The van der Waals surface area contributed by atoms with Crippen molar-refractivity contribution in [3.63, 3.8) is 0 Å². The number of H-pyrrole nitrogens is 1. The zero-order chi connectivity index (χ0) is 89.4. The van der Waals surface area contributed by atoms with Gasteiger partial charge in [0.05, 0.1) is 35.8 Å². The summed E-state index contributed by atoms with van der Waals surface area (Å²) in [5.74, 6) is -16.4. The zero-order valence-corrected chi connectivity index (χ0v) is 71.8. The summed E-state index contributed by atoms with van der Waals surface area (Å²) >= 11 is 0. The number of Topliss-reactive ketones (excluding diaryl/α,β-unsaturated/α-hetero) is 5. The maximum absolute atomic E-state index is 15.6. The van der Waals surface area contributed by atoms with Gasteiger partial charge in [0.2, 0.25) is 64.7 Å². The summed E-state index contributed by atoms with van der Waals surface area (Å²) in [5.41, 5.74) is 9.54. The molecule has 0 spiro atoms. The van der Waals surface area contributed by atoms with Gasteiger partial charge in [-0.25, -0.2) is 15.6 Å². The Kier molecular flexibility index (Phi) is 39.4. The molecule has 3 unspecified atom stereocenters. The molecule has 31 nitrogen and oxygen atoms in total. The van der Waals surface area contributed by atoms with Gasteiger partial charge in [0.1, 0.15) is 41.0 Å². The minimum atomic E-state index is -1.99. The third-order valence-electron chi connectivity index (χ3n) is 23.2. The molecule has 662 valence electrons. The smallest absolute Gasteiger partial charge is 0.335 e. The number of carbonyl (C=O) groups excluding carboxylic acids is 14. The van der Waals surface area contributed by atoms with Gasteiger partial charge in [-0.1, -0.05) is 152 Å².